The normalized spacial score (nSPS) is 30.3. The Morgan fingerprint density at radius 1 is 0.662 bits per heavy atom. The molecular formula is C53H76N8O8S2. The van der Waals surface area contributed by atoms with E-state index in [1.807, 2.05) is 55.1 Å². The molecule has 0 unspecified atom stereocenters. The van der Waals surface area contributed by atoms with E-state index in [1.54, 1.807) is 56.4 Å². The number of unbranched alkanes of at least 4 members (excludes halogenated alkanes) is 1. The van der Waals surface area contributed by atoms with E-state index >= 15 is 0 Å². The predicted octanol–water partition coefficient (Wildman–Crippen LogP) is 3.98. The molecule has 6 amide bonds. The Morgan fingerprint density at radius 2 is 1.13 bits per heavy atom. The van der Waals surface area contributed by atoms with Gasteiger partial charge in [0.2, 0.25) is 35.4 Å². The van der Waals surface area contributed by atoms with Gasteiger partial charge >= 0.3 is 0 Å². The van der Waals surface area contributed by atoms with Crippen molar-refractivity contribution in [3.63, 3.8) is 0 Å². The molecule has 388 valence electrons. The highest BCUT2D eigenvalue weighted by atomic mass is 32.2. The molecule has 2 aliphatic carbocycles. The van der Waals surface area contributed by atoms with Gasteiger partial charge in [0.1, 0.15) is 18.1 Å². The van der Waals surface area contributed by atoms with E-state index < -0.39 is 53.0 Å². The molecule has 0 spiro atoms. The summed E-state index contributed by atoms with van der Waals surface area (Å²) in [6.45, 7) is 12.9. The fourth-order valence-corrected chi connectivity index (χ4v) is 14.9. The smallest absolute Gasteiger partial charge is 0.246 e. The first kappa shape index (κ1) is 53.1. The summed E-state index contributed by atoms with van der Waals surface area (Å²) in [5.74, 6) is -0.0759. The number of nitrogens with one attached hydrogen (secondary N) is 6. The number of carbonyl (C=O) groups is 6. The quantitative estimate of drug-likeness (QED) is 0.118. The molecular weight excluding hydrogens is 941 g/mol. The molecule has 0 aromatic heterocycles. The lowest BCUT2D eigenvalue weighted by Crippen LogP contribution is -2.58. The molecule has 12 atom stereocenters. The summed E-state index contributed by atoms with van der Waals surface area (Å²) in [6, 6.07) is 12.5. The SMILES string of the molecule is CN[C@@H](C)C(=O)NC[C@H]1CCS[C@H]2CC(C)(C)[C@@H](C(=O)N[C@H]3c4ccccc4C[C@H]3OCCCCO[C@@H]3Cc4ccccc4[C@@H]3NC(=O)[C@H]3N4C(=O)[C@@H](NC(=O)[C@H](C)NC)CCS[C@H]4CC3(C)C)N2C1=O. The topological polar surface area (TPSA) is 200 Å². The molecule has 6 N–H and O–H groups in total. The van der Waals surface area contributed by atoms with E-state index in [9.17, 15) is 28.8 Å². The highest BCUT2D eigenvalue weighted by Gasteiger charge is 2.57. The second-order valence-electron chi connectivity index (χ2n) is 21.7. The number of carbonyl (C=O) groups excluding carboxylic acids is 6. The van der Waals surface area contributed by atoms with Gasteiger partial charge in [-0.05, 0) is 111 Å². The van der Waals surface area contributed by atoms with Gasteiger partial charge in [-0.25, -0.2) is 0 Å². The van der Waals surface area contributed by atoms with Gasteiger partial charge in [0, 0.05) is 32.6 Å². The van der Waals surface area contributed by atoms with Crippen molar-refractivity contribution < 1.29 is 38.2 Å². The molecule has 6 aliphatic rings. The van der Waals surface area contributed by atoms with E-state index in [1.165, 1.54) is 0 Å². The van der Waals surface area contributed by atoms with E-state index in [0.717, 1.165) is 28.0 Å². The van der Waals surface area contributed by atoms with Crippen LogP contribution < -0.4 is 31.9 Å². The molecule has 4 fully saturated rings. The van der Waals surface area contributed by atoms with Crippen LogP contribution in [0.5, 0.6) is 0 Å². The Kier molecular flexibility index (Phi) is 16.8. The zero-order valence-corrected chi connectivity index (χ0v) is 44.3. The number of ether oxygens (including phenoxy) is 2. The standard InChI is InChI=1S/C53H76N8O8S2/c1-30(54-7)46(62)56-29-34-19-23-70-40-27-52(3,4)44(60(40)50(34)66)48(64)58-42-35-17-11-9-15-32(35)25-38(42)68-21-13-14-22-69-39-26-33-16-10-12-18-36(33)43(39)59-49(65)45-53(5,6)28-41-61(45)51(67)37(20-24-71-41)57-47(63)31(2)55-8/h9-12,15-18,30-31,34,37-45,54-55H,13-14,19-29H2,1-8H3,(H,56,62)(H,57,63)(H,58,64)(H,59,65)/t30-,31-,34+,37-,38+,39+,40-,41-,42-,43-,44+,45+/m0/s1. The Balaban J connectivity index is 0.877. The molecule has 18 heteroatoms. The van der Waals surface area contributed by atoms with Crippen molar-refractivity contribution >= 4 is 59.0 Å². The Morgan fingerprint density at radius 3 is 1.63 bits per heavy atom. The largest absolute Gasteiger partial charge is 0.375 e. The summed E-state index contributed by atoms with van der Waals surface area (Å²) in [6.07, 6.45) is 4.58. The molecule has 4 heterocycles. The van der Waals surface area contributed by atoms with Crippen LogP contribution in [0.2, 0.25) is 0 Å². The maximum absolute atomic E-state index is 14.7. The summed E-state index contributed by atoms with van der Waals surface area (Å²) >= 11 is 3.40. The number of thioether (sulfide) groups is 2. The van der Waals surface area contributed by atoms with Crippen LogP contribution in [-0.2, 0) is 51.1 Å². The minimum Gasteiger partial charge on any atom is -0.375 e. The first-order valence-electron chi connectivity index (χ1n) is 25.7. The Hall–Kier alpha value is -4.20. The number of nitrogens with zero attached hydrogens (tertiary/aromatic N) is 2. The Bertz CT molecular complexity index is 2300. The Labute approximate surface area is 428 Å². The van der Waals surface area contributed by atoms with Crippen LogP contribution >= 0.6 is 23.5 Å². The van der Waals surface area contributed by atoms with Crippen molar-refractivity contribution in [2.45, 2.75) is 158 Å². The lowest BCUT2D eigenvalue weighted by molar-refractivity contribution is -0.144. The number of benzene rings is 2. The maximum Gasteiger partial charge on any atom is 0.246 e. The maximum atomic E-state index is 14.7. The van der Waals surface area contributed by atoms with Gasteiger partial charge in [-0.2, -0.15) is 0 Å². The van der Waals surface area contributed by atoms with Crippen LogP contribution in [0.15, 0.2) is 48.5 Å². The second kappa shape index (κ2) is 22.5. The lowest BCUT2D eigenvalue weighted by Gasteiger charge is -2.35. The number of likely N-dealkylation sites (N-methyl/N-ethyl adjacent to an activating group) is 2. The van der Waals surface area contributed by atoms with Crippen LogP contribution in [0.25, 0.3) is 0 Å². The van der Waals surface area contributed by atoms with Crippen LogP contribution in [0.4, 0.5) is 0 Å². The zero-order chi connectivity index (χ0) is 50.8. The van der Waals surface area contributed by atoms with Crippen molar-refractivity contribution in [1.29, 1.82) is 0 Å². The molecule has 8 rings (SSSR count). The molecule has 4 aliphatic heterocycles. The van der Waals surface area contributed by atoms with Crippen LogP contribution in [0.1, 0.15) is 114 Å². The van der Waals surface area contributed by atoms with Crippen molar-refractivity contribution in [2.75, 3.05) is 45.4 Å². The van der Waals surface area contributed by atoms with Gasteiger partial charge in [-0.1, -0.05) is 76.2 Å². The molecule has 2 aromatic carbocycles. The second-order valence-corrected chi connectivity index (χ2v) is 24.3. The van der Waals surface area contributed by atoms with Gasteiger partial charge in [0.05, 0.1) is 53.0 Å². The van der Waals surface area contributed by atoms with Gasteiger partial charge in [0.15, 0.2) is 0 Å². The molecule has 16 nitrogen and oxygen atoms in total. The summed E-state index contributed by atoms with van der Waals surface area (Å²) in [7, 11) is 3.43. The lowest BCUT2D eigenvalue weighted by atomic mass is 9.83. The van der Waals surface area contributed by atoms with Crippen molar-refractivity contribution in [3.8, 4) is 0 Å². The molecule has 4 saturated heterocycles. The fraction of sp³-hybridized carbons (Fsp3) is 0.660. The van der Waals surface area contributed by atoms with Crippen LogP contribution in [0.3, 0.4) is 0 Å². The minimum atomic E-state index is -0.727. The monoisotopic (exact) mass is 1020 g/mol. The molecule has 0 bridgehead atoms. The van der Waals surface area contributed by atoms with Crippen LogP contribution in [-0.4, -0.2) is 144 Å². The first-order valence-corrected chi connectivity index (χ1v) is 27.8. The third-order valence-corrected chi connectivity index (χ3v) is 18.4. The van der Waals surface area contributed by atoms with Gasteiger partial charge < -0.3 is 51.2 Å². The number of hydrogen-bond acceptors (Lipinski definition) is 12. The number of amides is 6. The van der Waals surface area contributed by atoms with Crippen molar-refractivity contribution in [1.82, 2.24) is 41.7 Å². The third kappa shape index (κ3) is 11.3. The number of rotatable bonds is 18. The summed E-state index contributed by atoms with van der Waals surface area (Å²) < 4.78 is 13.2. The molecule has 2 aromatic rings. The summed E-state index contributed by atoms with van der Waals surface area (Å²) in [5.41, 5.74) is 3.29. The number of fused-ring (bicyclic) bond motifs is 4. The highest BCUT2D eigenvalue weighted by molar-refractivity contribution is 8.00. The first-order chi connectivity index (χ1) is 33.9. The average molecular weight is 1020 g/mol. The summed E-state index contributed by atoms with van der Waals surface area (Å²) in [4.78, 5) is 86.9. The highest BCUT2D eigenvalue weighted by Crippen LogP contribution is 2.49. The van der Waals surface area contributed by atoms with Crippen molar-refractivity contribution in [2.24, 2.45) is 16.7 Å². The molecule has 0 saturated carbocycles. The predicted molar refractivity (Wildman–Crippen MR) is 276 cm³/mol. The molecule has 71 heavy (non-hydrogen) atoms. The fourth-order valence-electron chi connectivity index (χ4n) is 11.7. The number of hydrogen-bond donors (Lipinski definition) is 6. The van der Waals surface area contributed by atoms with Gasteiger partial charge in [-0.15, -0.1) is 23.5 Å². The van der Waals surface area contributed by atoms with Gasteiger partial charge in [0.25, 0.3) is 0 Å². The van der Waals surface area contributed by atoms with Crippen LogP contribution in [0, 0.1) is 16.7 Å². The van der Waals surface area contributed by atoms with Crippen molar-refractivity contribution in [3.05, 3.63) is 70.8 Å². The van der Waals surface area contributed by atoms with E-state index in [0.29, 0.717) is 70.3 Å². The van der Waals surface area contributed by atoms with E-state index in [2.05, 4.69) is 57.9 Å². The average Bonchev–Trinajstić information content (AvgIpc) is 3.98. The zero-order valence-electron chi connectivity index (χ0n) is 42.7. The third-order valence-electron chi connectivity index (χ3n) is 15.9. The molecule has 0 radical (unpaired) electrons. The van der Waals surface area contributed by atoms with E-state index in [-0.39, 0.29) is 71.0 Å². The summed E-state index contributed by atoms with van der Waals surface area (Å²) in [5, 5.41) is 18.2. The minimum absolute atomic E-state index is 0.0869. The van der Waals surface area contributed by atoms with E-state index in [4.69, 9.17) is 9.47 Å². The van der Waals surface area contributed by atoms with Gasteiger partial charge in [-0.3, -0.25) is 28.8 Å².